The fraction of sp³-hybridized carbons (Fsp3) is 0.368. The Kier molecular flexibility index (Phi) is 4.60. The van der Waals surface area contributed by atoms with Crippen molar-refractivity contribution in [3.63, 3.8) is 0 Å². The van der Waals surface area contributed by atoms with Gasteiger partial charge in [-0.05, 0) is 69.1 Å². The maximum Gasteiger partial charge on any atom is 0.293 e. The van der Waals surface area contributed by atoms with Crippen molar-refractivity contribution in [3.8, 4) is 0 Å². The first kappa shape index (κ1) is 17.5. The molecule has 0 saturated carbocycles. The number of carbonyl (C=O) groups excluding carboxylic acids is 1. The van der Waals surface area contributed by atoms with E-state index in [0.717, 1.165) is 5.56 Å². The van der Waals surface area contributed by atoms with Gasteiger partial charge < -0.3 is 13.9 Å². The third-order valence-electron chi connectivity index (χ3n) is 4.71. The van der Waals surface area contributed by atoms with Crippen LogP contribution in [0.5, 0.6) is 0 Å². The molecule has 5 nitrogen and oxygen atoms in total. The van der Waals surface area contributed by atoms with Crippen molar-refractivity contribution in [1.82, 2.24) is 14.5 Å². The van der Waals surface area contributed by atoms with Gasteiger partial charge >= 0.3 is 0 Å². The van der Waals surface area contributed by atoms with Crippen molar-refractivity contribution < 1.29 is 9.21 Å². The molecule has 25 heavy (non-hydrogen) atoms. The monoisotopic (exact) mass is 359 g/mol. The Balaban J connectivity index is 1.93. The molecule has 3 aromatic rings. The predicted molar refractivity (Wildman–Crippen MR) is 98.9 cm³/mol. The van der Waals surface area contributed by atoms with Gasteiger partial charge in [0.1, 0.15) is 5.52 Å². The molecule has 0 aliphatic rings. The van der Waals surface area contributed by atoms with E-state index in [1.165, 1.54) is 11.4 Å². The van der Waals surface area contributed by atoms with Crippen molar-refractivity contribution in [2.45, 2.75) is 40.3 Å². The highest BCUT2D eigenvalue weighted by atomic mass is 35.5. The molecule has 1 amide bonds. The fourth-order valence-corrected chi connectivity index (χ4v) is 3.14. The van der Waals surface area contributed by atoms with Crippen LogP contribution in [0.2, 0.25) is 5.35 Å². The molecule has 0 radical (unpaired) electrons. The standard InChI is InChI=1S/C19H22ClN3O2/c1-11(2)23(10-15-8-12(3)22(5)13(15)4)18(24)14-6-7-16-17(9-14)25-19(20)21-16/h6-9,11H,10H2,1-5H3. The Morgan fingerprint density at radius 2 is 2.04 bits per heavy atom. The summed E-state index contributed by atoms with van der Waals surface area (Å²) in [4.78, 5) is 19.0. The quantitative estimate of drug-likeness (QED) is 0.689. The third kappa shape index (κ3) is 3.29. The van der Waals surface area contributed by atoms with Crippen molar-refractivity contribution >= 4 is 28.6 Å². The van der Waals surface area contributed by atoms with E-state index in [1.54, 1.807) is 18.2 Å². The van der Waals surface area contributed by atoms with Crippen LogP contribution in [0, 0.1) is 13.8 Å². The average molecular weight is 360 g/mol. The minimum absolute atomic E-state index is 0.0367. The van der Waals surface area contributed by atoms with Gasteiger partial charge in [-0.15, -0.1) is 0 Å². The normalized spacial score (nSPS) is 11.5. The van der Waals surface area contributed by atoms with Gasteiger partial charge in [-0.2, -0.15) is 4.98 Å². The summed E-state index contributed by atoms with van der Waals surface area (Å²) in [6, 6.07) is 7.43. The molecule has 0 aliphatic heterocycles. The largest absolute Gasteiger partial charge is 0.428 e. The Morgan fingerprint density at radius 1 is 1.32 bits per heavy atom. The van der Waals surface area contributed by atoms with Gasteiger partial charge in [0.2, 0.25) is 0 Å². The molecule has 6 heteroatoms. The minimum Gasteiger partial charge on any atom is -0.428 e. The molecule has 0 saturated heterocycles. The summed E-state index contributed by atoms with van der Waals surface area (Å²) >= 11 is 5.79. The topological polar surface area (TPSA) is 51.3 Å². The Hall–Kier alpha value is -2.27. The van der Waals surface area contributed by atoms with Crippen LogP contribution in [0.1, 0.15) is 41.2 Å². The molecular weight excluding hydrogens is 338 g/mol. The van der Waals surface area contributed by atoms with Gasteiger partial charge in [0.25, 0.3) is 11.3 Å². The van der Waals surface area contributed by atoms with Crippen LogP contribution >= 0.6 is 11.6 Å². The lowest BCUT2D eigenvalue weighted by Gasteiger charge is -2.27. The summed E-state index contributed by atoms with van der Waals surface area (Å²) in [6.07, 6.45) is 0. The predicted octanol–water partition coefficient (Wildman–Crippen LogP) is 4.49. The van der Waals surface area contributed by atoms with Gasteiger partial charge in [-0.3, -0.25) is 4.79 Å². The molecule has 0 unspecified atom stereocenters. The molecule has 132 valence electrons. The number of fused-ring (bicyclic) bond motifs is 1. The second kappa shape index (κ2) is 6.56. The van der Waals surface area contributed by atoms with E-state index >= 15 is 0 Å². The average Bonchev–Trinajstić information content (AvgIpc) is 3.05. The smallest absolute Gasteiger partial charge is 0.293 e. The second-order valence-electron chi connectivity index (χ2n) is 6.63. The number of nitrogens with zero attached hydrogens (tertiary/aromatic N) is 3. The van der Waals surface area contributed by atoms with Crippen molar-refractivity contribution in [2.24, 2.45) is 7.05 Å². The highest BCUT2D eigenvalue weighted by Gasteiger charge is 2.22. The number of rotatable bonds is 4. The second-order valence-corrected chi connectivity index (χ2v) is 6.95. The number of halogens is 1. The van der Waals surface area contributed by atoms with Crippen LogP contribution in [0.3, 0.4) is 0 Å². The van der Waals surface area contributed by atoms with E-state index in [9.17, 15) is 4.79 Å². The number of oxazole rings is 1. The highest BCUT2D eigenvalue weighted by molar-refractivity contribution is 6.28. The molecule has 0 fully saturated rings. The first-order valence-corrected chi connectivity index (χ1v) is 8.64. The summed E-state index contributed by atoms with van der Waals surface area (Å²) in [5.74, 6) is -0.0367. The summed E-state index contributed by atoms with van der Waals surface area (Å²) < 4.78 is 7.48. The number of hydrogen-bond donors (Lipinski definition) is 0. The Bertz CT molecular complexity index is 940. The van der Waals surface area contributed by atoms with E-state index < -0.39 is 0 Å². The molecule has 3 rings (SSSR count). The zero-order chi connectivity index (χ0) is 18.3. The molecule has 0 aliphatic carbocycles. The fourth-order valence-electron chi connectivity index (χ4n) is 2.96. The zero-order valence-corrected chi connectivity index (χ0v) is 15.9. The number of benzene rings is 1. The Labute approximate surface area is 152 Å². The van der Waals surface area contributed by atoms with Gasteiger partial charge in [0, 0.05) is 36.6 Å². The van der Waals surface area contributed by atoms with E-state index in [0.29, 0.717) is 23.2 Å². The van der Waals surface area contributed by atoms with Crippen molar-refractivity contribution in [3.05, 3.63) is 52.1 Å². The van der Waals surface area contributed by atoms with Crippen LogP contribution in [0.25, 0.3) is 11.1 Å². The van der Waals surface area contributed by atoms with Gasteiger partial charge in [0.05, 0.1) is 0 Å². The summed E-state index contributed by atoms with van der Waals surface area (Å²) in [7, 11) is 2.04. The van der Waals surface area contributed by atoms with Crippen molar-refractivity contribution in [2.75, 3.05) is 0 Å². The number of aryl methyl sites for hydroxylation is 1. The molecule has 1 aromatic carbocycles. The number of hydrogen-bond acceptors (Lipinski definition) is 3. The maximum absolute atomic E-state index is 13.1. The lowest BCUT2D eigenvalue weighted by atomic mass is 10.1. The number of carbonyl (C=O) groups is 1. The SMILES string of the molecule is Cc1cc(CN(C(=O)c2ccc3nc(Cl)oc3c2)C(C)C)c(C)n1C. The number of amides is 1. The van der Waals surface area contributed by atoms with E-state index in [-0.39, 0.29) is 17.3 Å². The minimum atomic E-state index is -0.0367. The molecular formula is C19H22ClN3O2. The van der Waals surface area contributed by atoms with Crippen LogP contribution < -0.4 is 0 Å². The summed E-state index contributed by atoms with van der Waals surface area (Å²) in [5, 5.41) is 0.0794. The zero-order valence-electron chi connectivity index (χ0n) is 15.1. The highest BCUT2D eigenvalue weighted by Crippen LogP contribution is 2.23. The first-order valence-electron chi connectivity index (χ1n) is 8.26. The van der Waals surface area contributed by atoms with Gasteiger partial charge in [-0.1, -0.05) is 0 Å². The molecule has 2 aromatic heterocycles. The molecule has 2 heterocycles. The van der Waals surface area contributed by atoms with E-state index in [4.69, 9.17) is 16.0 Å². The molecule has 0 bridgehead atoms. The summed E-state index contributed by atoms with van der Waals surface area (Å²) in [5.41, 5.74) is 5.25. The van der Waals surface area contributed by atoms with Crippen LogP contribution in [0.4, 0.5) is 0 Å². The lowest BCUT2D eigenvalue weighted by molar-refractivity contribution is 0.0690. The molecule has 0 spiro atoms. The first-order chi connectivity index (χ1) is 11.8. The van der Waals surface area contributed by atoms with E-state index in [1.807, 2.05) is 25.8 Å². The van der Waals surface area contributed by atoms with Crippen molar-refractivity contribution in [1.29, 1.82) is 0 Å². The Morgan fingerprint density at radius 3 is 2.64 bits per heavy atom. The van der Waals surface area contributed by atoms with Gasteiger partial charge in [0.15, 0.2) is 5.58 Å². The maximum atomic E-state index is 13.1. The summed E-state index contributed by atoms with van der Waals surface area (Å²) in [6.45, 7) is 8.76. The molecule has 0 atom stereocenters. The van der Waals surface area contributed by atoms with Crippen LogP contribution in [-0.2, 0) is 13.6 Å². The third-order valence-corrected chi connectivity index (χ3v) is 4.88. The molecule has 0 N–H and O–H groups in total. The van der Waals surface area contributed by atoms with E-state index in [2.05, 4.69) is 29.5 Å². The lowest BCUT2D eigenvalue weighted by Crippen LogP contribution is -2.36. The van der Waals surface area contributed by atoms with Crippen LogP contribution in [0.15, 0.2) is 28.7 Å². The van der Waals surface area contributed by atoms with Gasteiger partial charge in [-0.25, -0.2) is 0 Å². The number of aromatic nitrogens is 2. The van der Waals surface area contributed by atoms with Crippen LogP contribution in [-0.4, -0.2) is 26.4 Å².